The van der Waals surface area contributed by atoms with Crippen LogP contribution in [0.15, 0.2) is 28.4 Å². The first-order chi connectivity index (χ1) is 14.5. The zero-order chi connectivity index (χ0) is 21.1. The molecule has 2 N–H and O–H groups in total. The molecular formula is C22H27N5O2S. The quantitative estimate of drug-likeness (QED) is 0.610. The van der Waals surface area contributed by atoms with Crippen LogP contribution >= 0.6 is 11.3 Å². The minimum atomic E-state index is -0.173. The molecule has 0 aromatic carbocycles. The van der Waals surface area contributed by atoms with Crippen LogP contribution in [0.25, 0.3) is 16.5 Å². The van der Waals surface area contributed by atoms with E-state index in [1.807, 2.05) is 37.4 Å². The van der Waals surface area contributed by atoms with Gasteiger partial charge in [0.25, 0.3) is 5.56 Å². The van der Waals surface area contributed by atoms with Crippen molar-refractivity contribution in [1.29, 1.82) is 0 Å². The summed E-state index contributed by atoms with van der Waals surface area (Å²) in [5, 5.41) is 9.63. The van der Waals surface area contributed by atoms with Crippen LogP contribution in [0.4, 0.5) is 5.82 Å². The second kappa shape index (κ2) is 8.95. The number of amides is 1. The number of carbonyl (C=O) groups excluding carboxylic acids is 1. The highest BCUT2D eigenvalue weighted by atomic mass is 32.1. The molecule has 3 heterocycles. The minimum absolute atomic E-state index is 0.0231. The topological polar surface area (TPSA) is 92.7 Å². The molecule has 1 fully saturated rings. The maximum absolute atomic E-state index is 12.8. The van der Waals surface area contributed by atoms with Crippen molar-refractivity contribution >= 4 is 23.1 Å². The molecule has 8 heteroatoms. The standard InChI is InChI=1S/C22H27N5O2S/c1-3-16-14(2)23-22(25-21(16)29)27-19(13-17(26-27)18-10-7-11-30-18)24-20(28)12-15-8-5-4-6-9-15/h7,10-11,13,15H,3-6,8-9,12H2,1-2H3,(H,24,28)(H,23,25,29). The summed E-state index contributed by atoms with van der Waals surface area (Å²) < 4.78 is 1.53. The van der Waals surface area contributed by atoms with Gasteiger partial charge in [0, 0.05) is 23.7 Å². The van der Waals surface area contributed by atoms with Crippen molar-refractivity contribution < 1.29 is 4.79 Å². The Hall–Kier alpha value is -2.74. The van der Waals surface area contributed by atoms with Gasteiger partial charge in [-0.1, -0.05) is 32.3 Å². The van der Waals surface area contributed by atoms with Gasteiger partial charge in [0.15, 0.2) is 0 Å². The van der Waals surface area contributed by atoms with Gasteiger partial charge in [-0.25, -0.2) is 4.98 Å². The summed E-state index contributed by atoms with van der Waals surface area (Å²) in [7, 11) is 0. The van der Waals surface area contributed by atoms with Crippen LogP contribution in [0, 0.1) is 12.8 Å². The molecule has 4 rings (SSSR count). The van der Waals surface area contributed by atoms with Crippen molar-refractivity contribution in [2.24, 2.45) is 5.92 Å². The van der Waals surface area contributed by atoms with Gasteiger partial charge in [-0.15, -0.1) is 11.3 Å². The molecule has 7 nitrogen and oxygen atoms in total. The summed E-state index contributed by atoms with van der Waals surface area (Å²) in [5.74, 6) is 1.25. The van der Waals surface area contributed by atoms with Crippen molar-refractivity contribution in [3.63, 3.8) is 0 Å². The van der Waals surface area contributed by atoms with E-state index in [2.05, 4.69) is 20.4 Å². The third-order valence-electron chi connectivity index (χ3n) is 5.71. The molecule has 0 spiro atoms. The Morgan fingerprint density at radius 3 is 2.80 bits per heavy atom. The largest absolute Gasteiger partial charge is 0.310 e. The van der Waals surface area contributed by atoms with Gasteiger partial charge < -0.3 is 5.32 Å². The van der Waals surface area contributed by atoms with E-state index in [0.29, 0.717) is 41.8 Å². The van der Waals surface area contributed by atoms with Crippen molar-refractivity contribution in [3.8, 4) is 16.5 Å². The second-order valence-corrected chi connectivity index (χ2v) is 8.82. The first-order valence-electron chi connectivity index (χ1n) is 10.6. The fourth-order valence-corrected chi connectivity index (χ4v) is 4.82. The van der Waals surface area contributed by atoms with Crippen molar-refractivity contribution in [1.82, 2.24) is 19.7 Å². The molecule has 1 amide bonds. The number of nitrogens with zero attached hydrogens (tertiary/aromatic N) is 3. The number of H-pyrrole nitrogens is 1. The van der Waals surface area contributed by atoms with E-state index in [1.54, 1.807) is 11.3 Å². The first kappa shape index (κ1) is 20.5. The number of aromatic nitrogens is 4. The Labute approximate surface area is 179 Å². The van der Waals surface area contributed by atoms with Crippen LogP contribution in [0.1, 0.15) is 56.7 Å². The van der Waals surface area contributed by atoms with Crippen LogP contribution in [0.3, 0.4) is 0 Å². The number of anilines is 1. The number of aromatic amines is 1. The Morgan fingerprint density at radius 2 is 2.13 bits per heavy atom. The van der Waals surface area contributed by atoms with Gasteiger partial charge in [-0.05, 0) is 43.6 Å². The molecule has 3 aromatic rings. The number of hydrogen-bond acceptors (Lipinski definition) is 5. The fourth-order valence-electron chi connectivity index (χ4n) is 4.14. The number of rotatable bonds is 6. The zero-order valence-corrected chi connectivity index (χ0v) is 18.2. The minimum Gasteiger partial charge on any atom is -0.310 e. The molecule has 0 bridgehead atoms. The summed E-state index contributed by atoms with van der Waals surface area (Å²) in [6, 6.07) is 5.78. The lowest BCUT2D eigenvalue weighted by Crippen LogP contribution is -2.23. The van der Waals surface area contributed by atoms with E-state index in [9.17, 15) is 9.59 Å². The van der Waals surface area contributed by atoms with Crippen LogP contribution in [0.5, 0.6) is 0 Å². The molecule has 1 saturated carbocycles. The Kier molecular flexibility index (Phi) is 6.13. The molecule has 0 radical (unpaired) electrons. The summed E-state index contributed by atoms with van der Waals surface area (Å²) in [5.41, 5.74) is 1.89. The predicted molar refractivity (Wildman–Crippen MR) is 119 cm³/mol. The molecule has 0 atom stereocenters. The van der Waals surface area contributed by atoms with Gasteiger partial charge >= 0.3 is 0 Å². The maximum atomic E-state index is 12.8. The predicted octanol–water partition coefficient (Wildman–Crippen LogP) is 4.46. The lowest BCUT2D eigenvalue weighted by atomic mass is 9.87. The van der Waals surface area contributed by atoms with Crippen LogP contribution in [-0.4, -0.2) is 25.7 Å². The highest BCUT2D eigenvalue weighted by Crippen LogP contribution is 2.29. The van der Waals surface area contributed by atoms with Gasteiger partial charge in [0.2, 0.25) is 11.9 Å². The molecule has 1 aliphatic carbocycles. The summed E-state index contributed by atoms with van der Waals surface area (Å²) >= 11 is 1.57. The third kappa shape index (κ3) is 4.38. The zero-order valence-electron chi connectivity index (χ0n) is 17.4. The van der Waals surface area contributed by atoms with Crippen LogP contribution < -0.4 is 10.9 Å². The Balaban J connectivity index is 1.67. The molecule has 0 unspecified atom stereocenters. The summed E-state index contributed by atoms with van der Waals surface area (Å²) in [6.45, 7) is 3.75. The molecule has 158 valence electrons. The molecule has 30 heavy (non-hydrogen) atoms. The van der Waals surface area contributed by atoms with Gasteiger partial charge in [-0.2, -0.15) is 9.78 Å². The number of carbonyl (C=O) groups is 1. The summed E-state index contributed by atoms with van der Waals surface area (Å²) in [6.07, 6.45) is 7.01. The normalized spacial score (nSPS) is 14.7. The monoisotopic (exact) mass is 425 g/mol. The van der Waals surface area contributed by atoms with E-state index in [-0.39, 0.29) is 11.5 Å². The lowest BCUT2D eigenvalue weighted by molar-refractivity contribution is -0.117. The van der Waals surface area contributed by atoms with Crippen molar-refractivity contribution in [2.75, 3.05) is 5.32 Å². The molecule has 0 aliphatic heterocycles. The van der Waals surface area contributed by atoms with Gasteiger partial charge in [0.1, 0.15) is 11.5 Å². The van der Waals surface area contributed by atoms with Crippen molar-refractivity contribution in [3.05, 3.63) is 45.2 Å². The number of nitrogens with one attached hydrogen (secondary N) is 2. The van der Waals surface area contributed by atoms with E-state index in [4.69, 9.17) is 0 Å². The third-order valence-corrected chi connectivity index (χ3v) is 6.61. The number of thiophene rings is 1. The number of hydrogen-bond donors (Lipinski definition) is 2. The highest BCUT2D eigenvalue weighted by Gasteiger charge is 2.20. The van der Waals surface area contributed by atoms with Gasteiger partial charge in [-0.3, -0.25) is 14.6 Å². The van der Waals surface area contributed by atoms with Crippen molar-refractivity contribution in [2.45, 2.75) is 58.8 Å². The van der Waals surface area contributed by atoms with E-state index in [0.717, 1.165) is 23.4 Å². The first-order valence-corrected chi connectivity index (χ1v) is 11.5. The second-order valence-electron chi connectivity index (χ2n) is 7.87. The summed E-state index contributed by atoms with van der Waals surface area (Å²) in [4.78, 5) is 33.6. The van der Waals surface area contributed by atoms with Gasteiger partial charge in [0.05, 0.1) is 4.88 Å². The Bertz CT molecular complexity index is 1080. The smallest absolute Gasteiger partial charge is 0.255 e. The Morgan fingerprint density at radius 1 is 1.33 bits per heavy atom. The van der Waals surface area contributed by atoms with E-state index >= 15 is 0 Å². The molecule has 0 saturated heterocycles. The molecule has 1 aliphatic rings. The molecule has 3 aromatic heterocycles. The van der Waals surface area contributed by atoms with E-state index < -0.39 is 0 Å². The average molecular weight is 426 g/mol. The molecular weight excluding hydrogens is 398 g/mol. The maximum Gasteiger partial charge on any atom is 0.255 e. The SMILES string of the molecule is CCc1c(C)nc(-n2nc(-c3cccs3)cc2NC(=O)CC2CCCCC2)[nH]c1=O. The van der Waals surface area contributed by atoms with E-state index in [1.165, 1.54) is 23.9 Å². The lowest BCUT2D eigenvalue weighted by Gasteiger charge is -2.20. The number of aryl methyl sites for hydroxylation is 1. The fraction of sp³-hybridized carbons (Fsp3) is 0.455. The van der Waals surface area contributed by atoms with Crippen LogP contribution in [-0.2, 0) is 11.2 Å². The highest BCUT2D eigenvalue weighted by molar-refractivity contribution is 7.13. The average Bonchev–Trinajstić information content (AvgIpc) is 3.38. The van der Waals surface area contributed by atoms with Crippen LogP contribution in [0.2, 0.25) is 0 Å².